The van der Waals surface area contributed by atoms with Gasteiger partial charge in [-0.15, -0.1) is 0 Å². The van der Waals surface area contributed by atoms with Crippen LogP contribution in [0.2, 0.25) is 0 Å². The van der Waals surface area contributed by atoms with Crippen LogP contribution in [0.25, 0.3) is 0 Å². The predicted molar refractivity (Wildman–Crippen MR) is 178 cm³/mol. The fourth-order valence-electron chi connectivity index (χ4n) is 8.59. The van der Waals surface area contributed by atoms with Gasteiger partial charge < -0.3 is 20.4 Å². The summed E-state index contributed by atoms with van der Waals surface area (Å²) in [4.78, 5) is 0. The van der Waals surface area contributed by atoms with Crippen LogP contribution in [0.1, 0.15) is 158 Å². The highest BCUT2D eigenvalue weighted by atomic mass is 16.3. The molecule has 4 heteroatoms. The molecule has 2 saturated carbocycles. The quantitative estimate of drug-likeness (QED) is 0.210. The van der Waals surface area contributed by atoms with E-state index in [1.54, 1.807) is 0 Å². The summed E-state index contributed by atoms with van der Waals surface area (Å²) < 4.78 is 0. The molecule has 0 amide bonds. The first kappa shape index (κ1) is 33.8. The van der Waals surface area contributed by atoms with Crippen LogP contribution in [-0.4, -0.2) is 33.6 Å². The zero-order valence-electron chi connectivity index (χ0n) is 28.1. The lowest BCUT2D eigenvalue weighted by Crippen LogP contribution is -2.27. The fraction of sp³-hybridized carbons (Fsp3) is 0.692. The molecule has 0 radical (unpaired) electrons. The molecule has 4 rings (SSSR count). The monoisotopic (exact) mass is 592 g/mol. The van der Waals surface area contributed by atoms with Crippen molar-refractivity contribution in [2.24, 2.45) is 11.3 Å². The minimum atomic E-state index is -0.202. The minimum Gasteiger partial charge on any atom is -0.507 e. The number of phenols is 2. The molecule has 0 saturated heterocycles. The van der Waals surface area contributed by atoms with Crippen LogP contribution < -0.4 is 0 Å². The van der Waals surface area contributed by atoms with Crippen molar-refractivity contribution in [1.82, 2.24) is 0 Å². The summed E-state index contributed by atoms with van der Waals surface area (Å²) in [6.07, 6.45) is 14.2. The molecule has 4 N–H and O–H groups in total. The van der Waals surface area contributed by atoms with E-state index in [0.717, 1.165) is 97.6 Å². The molecule has 2 aromatic rings. The first-order chi connectivity index (χ1) is 20.3. The van der Waals surface area contributed by atoms with Gasteiger partial charge in [-0.1, -0.05) is 104 Å². The van der Waals surface area contributed by atoms with Gasteiger partial charge in [-0.2, -0.15) is 0 Å². The number of aromatic hydroxyl groups is 2. The van der Waals surface area contributed by atoms with Crippen molar-refractivity contribution < 1.29 is 20.4 Å². The summed E-state index contributed by atoms with van der Waals surface area (Å²) in [5, 5.41) is 44.4. The Morgan fingerprint density at radius 1 is 0.674 bits per heavy atom. The maximum Gasteiger partial charge on any atom is 0.123 e. The Kier molecular flexibility index (Phi) is 11.0. The van der Waals surface area contributed by atoms with Crippen molar-refractivity contribution in [2.75, 3.05) is 13.2 Å². The Balaban J connectivity index is 1.96. The lowest BCUT2D eigenvalue weighted by atomic mass is 9.67. The molecule has 2 aromatic carbocycles. The highest BCUT2D eigenvalue weighted by Crippen LogP contribution is 2.51. The average molecular weight is 593 g/mol. The standard InChI is InChI=1S/C39H60O4/c1-27(26-37(2,3)4)21-30(31-22-28(13-19-40)24-33(35(31)42)38(5)15-9-7-10-16-38)32-23-29(14-20-41)25-34(36(32)43)39(6)17-11-8-12-18-39/h22-25,27,30,40-43H,7-21,26H2,1-6H3. The molecule has 0 heterocycles. The predicted octanol–water partition coefficient (Wildman–Crippen LogP) is 9.21. The zero-order chi connectivity index (χ0) is 31.4. The van der Waals surface area contributed by atoms with Gasteiger partial charge in [0, 0.05) is 41.4 Å². The first-order valence-corrected chi connectivity index (χ1v) is 17.2. The molecule has 2 aliphatic rings. The summed E-state index contributed by atoms with van der Waals surface area (Å²) in [5.41, 5.74) is 5.82. The SMILES string of the molecule is CC(CC(c1cc(CCO)cc(C2(C)CCCCC2)c1O)c1cc(CCO)cc(C2(C)CCCCC2)c1O)CC(C)(C)C. The normalized spacial score (nSPS) is 19.5. The highest BCUT2D eigenvalue weighted by molar-refractivity contribution is 5.57. The molecule has 2 fully saturated rings. The van der Waals surface area contributed by atoms with Crippen molar-refractivity contribution in [1.29, 1.82) is 0 Å². The molecule has 0 aromatic heterocycles. The number of rotatable bonds is 11. The van der Waals surface area contributed by atoms with Crippen LogP contribution in [0.15, 0.2) is 24.3 Å². The van der Waals surface area contributed by atoms with Gasteiger partial charge in [-0.25, -0.2) is 0 Å². The summed E-state index contributed by atoms with van der Waals surface area (Å²) in [6, 6.07) is 8.50. The largest absolute Gasteiger partial charge is 0.507 e. The maximum atomic E-state index is 12.2. The van der Waals surface area contributed by atoms with Crippen LogP contribution in [0.5, 0.6) is 11.5 Å². The lowest BCUT2D eigenvalue weighted by molar-refractivity contribution is 0.284. The molecule has 0 aliphatic heterocycles. The molecule has 4 nitrogen and oxygen atoms in total. The average Bonchev–Trinajstić information content (AvgIpc) is 2.93. The number of hydrogen-bond acceptors (Lipinski definition) is 4. The molecule has 0 spiro atoms. The Labute approximate surface area is 262 Å². The number of aliphatic hydroxyl groups excluding tert-OH is 2. The smallest absolute Gasteiger partial charge is 0.123 e. The molecule has 2 aliphatic carbocycles. The van der Waals surface area contributed by atoms with Gasteiger partial charge in [0.15, 0.2) is 0 Å². The van der Waals surface area contributed by atoms with Crippen LogP contribution in [0, 0.1) is 11.3 Å². The molecular formula is C39H60O4. The van der Waals surface area contributed by atoms with Gasteiger partial charge in [-0.3, -0.25) is 0 Å². The van der Waals surface area contributed by atoms with E-state index in [1.807, 2.05) is 0 Å². The maximum absolute atomic E-state index is 12.2. The van der Waals surface area contributed by atoms with Gasteiger partial charge in [0.25, 0.3) is 0 Å². The van der Waals surface area contributed by atoms with E-state index in [-0.39, 0.29) is 35.4 Å². The second-order valence-corrected chi connectivity index (χ2v) is 16.0. The van der Waals surface area contributed by atoms with Crippen LogP contribution in [0.4, 0.5) is 0 Å². The third-order valence-electron chi connectivity index (χ3n) is 10.8. The van der Waals surface area contributed by atoms with E-state index in [1.165, 1.54) is 12.8 Å². The van der Waals surface area contributed by atoms with Gasteiger partial charge in [0.05, 0.1) is 0 Å². The number of hydrogen-bond donors (Lipinski definition) is 4. The summed E-state index contributed by atoms with van der Waals surface area (Å²) in [6.45, 7) is 13.9. The Hall–Kier alpha value is -2.04. The molecule has 0 bridgehead atoms. The number of phenolic OH excluding ortho intramolecular Hbond substituents is 2. The van der Waals surface area contributed by atoms with Gasteiger partial charge in [-0.05, 0) is 84.7 Å². The lowest BCUT2D eigenvalue weighted by Gasteiger charge is -2.38. The van der Waals surface area contributed by atoms with Gasteiger partial charge >= 0.3 is 0 Å². The van der Waals surface area contributed by atoms with Crippen molar-refractivity contribution in [3.8, 4) is 11.5 Å². The Morgan fingerprint density at radius 3 is 1.42 bits per heavy atom. The van der Waals surface area contributed by atoms with Crippen LogP contribution in [0.3, 0.4) is 0 Å². The molecular weight excluding hydrogens is 532 g/mol. The van der Waals surface area contributed by atoms with E-state index in [2.05, 4.69) is 65.8 Å². The van der Waals surface area contributed by atoms with E-state index in [0.29, 0.717) is 30.3 Å². The van der Waals surface area contributed by atoms with Gasteiger partial charge in [0.2, 0.25) is 0 Å². The topological polar surface area (TPSA) is 80.9 Å². The first-order valence-electron chi connectivity index (χ1n) is 17.2. The van der Waals surface area contributed by atoms with Crippen LogP contribution >= 0.6 is 0 Å². The van der Waals surface area contributed by atoms with Crippen molar-refractivity contribution in [2.45, 2.75) is 148 Å². The van der Waals surface area contributed by atoms with E-state index < -0.39 is 0 Å². The van der Waals surface area contributed by atoms with E-state index in [4.69, 9.17) is 0 Å². The molecule has 240 valence electrons. The summed E-state index contributed by atoms with van der Waals surface area (Å²) >= 11 is 0. The molecule has 43 heavy (non-hydrogen) atoms. The fourth-order valence-corrected chi connectivity index (χ4v) is 8.59. The second kappa shape index (κ2) is 13.9. The van der Waals surface area contributed by atoms with E-state index in [9.17, 15) is 20.4 Å². The molecule has 1 unspecified atom stereocenters. The minimum absolute atomic E-state index is 0.0607. The van der Waals surface area contributed by atoms with Crippen molar-refractivity contribution in [3.05, 3.63) is 57.6 Å². The Bertz CT molecular complexity index is 1130. The third kappa shape index (κ3) is 7.98. The molecule has 1 atom stereocenters. The van der Waals surface area contributed by atoms with Crippen LogP contribution in [-0.2, 0) is 23.7 Å². The third-order valence-corrected chi connectivity index (χ3v) is 10.8. The number of aliphatic hydroxyl groups is 2. The van der Waals surface area contributed by atoms with Gasteiger partial charge in [0.1, 0.15) is 11.5 Å². The second-order valence-electron chi connectivity index (χ2n) is 16.0. The number of benzene rings is 2. The van der Waals surface area contributed by atoms with E-state index >= 15 is 0 Å². The Morgan fingerprint density at radius 2 is 1.07 bits per heavy atom. The van der Waals surface area contributed by atoms with Crippen molar-refractivity contribution in [3.63, 3.8) is 0 Å². The summed E-state index contributed by atoms with van der Waals surface area (Å²) in [7, 11) is 0. The zero-order valence-corrected chi connectivity index (χ0v) is 28.1. The summed E-state index contributed by atoms with van der Waals surface area (Å²) in [5.74, 6) is 0.897. The van der Waals surface area contributed by atoms with Crippen molar-refractivity contribution >= 4 is 0 Å². The highest BCUT2D eigenvalue weighted by Gasteiger charge is 2.37.